The topological polar surface area (TPSA) is 95.6 Å². The van der Waals surface area contributed by atoms with Gasteiger partial charge in [-0.25, -0.2) is 13.1 Å². The Labute approximate surface area is 148 Å². The van der Waals surface area contributed by atoms with Gasteiger partial charge in [0.05, 0.1) is 10.8 Å². The molecule has 1 saturated heterocycles. The molecule has 0 radical (unpaired) electrons. The average Bonchev–Trinajstić information content (AvgIpc) is 2.65. The number of carbonyl (C=O) groups excluding carboxylic acids is 2. The van der Waals surface area contributed by atoms with Gasteiger partial charge >= 0.3 is 0 Å². The van der Waals surface area contributed by atoms with E-state index in [0.717, 1.165) is 12.8 Å². The summed E-state index contributed by atoms with van der Waals surface area (Å²) >= 11 is 0. The van der Waals surface area contributed by atoms with E-state index in [4.69, 9.17) is 0 Å². The van der Waals surface area contributed by atoms with Crippen LogP contribution in [0.1, 0.15) is 18.4 Å². The predicted molar refractivity (Wildman–Crippen MR) is 94.0 cm³/mol. The van der Waals surface area contributed by atoms with Crippen LogP contribution < -0.4 is 10.0 Å². The predicted octanol–water partition coefficient (Wildman–Crippen LogP) is 0.635. The van der Waals surface area contributed by atoms with Crippen LogP contribution in [0.3, 0.4) is 0 Å². The first kappa shape index (κ1) is 19.1. The highest BCUT2D eigenvalue weighted by atomic mass is 32.2. The summed E-state index contributed by atoms with van der Waals surface area (Å²) in [4.78, 5) is 25.8. The molecule has 0 aliphatic carbocycles. The third-order valence-corrected chi connectivity index (χ3v) is 5.63. The standard InChI is InChI=1S/C17H23N3O4S/c1-3-16(21)20-9-5-7-14(12-20)17(22)19-11-13-6-4-8-15(10-13)25(23,24)18-2/h3-4,6,8,10,14,18H,1,5,7,9,11-12H2,2H3,(H,19,22). The maximum Gasteiger partial charge on any atom is 0.245 e. The molecule has 0 bridgehead atoms. The molecule has 2 amide bonds. The highest BCUT2D eigenvalue weighted by Gasteiger charge is 2.27. The van der Waals surface area contributed by atoms with Gasteiger partial charge in [0, 0.05) is 19.6 Å². The zero-order valence-corrected chi connectivity index (χ0v) is 15.0. The fourth-order valence-electron chi connectivity index (χ4n) is 2.79. The number of sulfonamides is 1. The fraction of sp³-hybridized carbons (Fsp3) is 0.412. The molecule has 0 saturated carbocycles. The number of piperidine rings is 1. The Kier molecular flexibility index (Phi) is 6.33. The molecule has 1 aliphatic rings. The van der Waals surface area contributed by atoms with Gasteiger partial charge in [-0.15, -0.1) is 0 Å². The van der Waals surface area contributed by atoms with Gasteiger partial charge in [-0.3, -0.25) is 9.59 Å². The Hall–Kier alpha value is -2.19. The van der Waals surface area contributed by atoms with Crippen LogP contribution in [0, 0.1) is 5.92 Å². The number of nitrogens with one attached hydrogen (secondary N) is 2. The van der Waals surface area contributed by atoms with E-state index in [1.165, 1.54) is 25.3 Å². The summed E-state index contributed by atoms with van der Waals surface area (Å²) in [7, 11) is -2.17. The number of amides is 2. The zero-order chi connectivity index (χ0) is 18.4. The van der Waals surface area contributed by atoms with Crippen molar-refractivity contribution in [2.75, 3.05) is 20.1 Å². The molecule has 8 heteroatoms. The first-order valence-corrected chi connectivity index (χ1v) is 9.57. The van der Waals surface area contributed by atoms with E-state index in [1.54, 1.807) is 17.0 Å². The molecular formula is C17H23N3O4S. The normalized spacial score (nSPS) is 17.8. The lowest BCUT2D eigenvalue weighted by atomic mass is 9.97. The zero-order valence-electron chi connectivity index (χ0n) is 14.2. The Morgan fingerprint density at radius 1 is 1.40 bits per heavy atom. The van der Waals surface area contributed by atoms with Crippen molar-refractivity contribution in [1.82, 2.24) is 14.9 Å². The third-order valence-electron chi connectivity index (χ3n) is 4.22. The highest BCUT2D eigenvalue weighted by Crippen LogP contribution is 2.17. The van der Waals surface area contributed by atoms with Crippen molar-refractivity contribution in [2.24, 2.45) is 5.92 Å². The van der Waals surface area contributed by atoms with E-state index >= 15 is 0 Å². The Morgan fingerprint density at radius 3 is 2.84 bits per heavy atom. The molecule has 1 fully saturated rings. The molecule has 1 aromatic carbocycles. The number of hydrogen-bond donors (Lipinski definition) is 2. The van der Waals surface area contributed by atoms with Crippen LogP contribution in [-0.4, -0.2) is 45.3 Å². The van der Waals surface area contributed by atoms with Crippen LogP contribution in [0.25, 0.3) is 0 Å². The van der Waals surface area contributed by atoms with Crippen molar-refractivity contribution in [3.63, 3.8) is 0 Å². The maximum absolute atomic E-state index is 12.4. The minimum atomic E-state index is -3.52. The number of carbonyl (C=O) groups is 2. The molecule has 136 valence electrons. The van der Waals surface area contributed by atoms with Crippen molar-refractivity contribution in [3.05, 3.63) is 42.5 Å². The van der Waals surface area contributed by atoms with Gasteiger partial charge in [-0.2, -0.15) is 0 Å². The van der Waals surface area contributed by atoms with Crippen LogP contribution >= 0.6 is 0 Å². The Morgan fingerprint density at radius 2 is 2.16 bits per heavy atom. The molecule has 1 heterocycles. The molecular weight excluding hydrogens is 342 g/mol. The third kappa shape index (κ3) is 4.90. The molecule has 1 aliphatic heterocycles. The Bertz CT molecular complexity index is 761. The second kappa shape index (κ2) is 8.26. The van der Waals surface area contributed by atoms with Gasteiger partial charge < -0.3 is 10.2 Å². The number of rotatable bonds is 6. The van der Waals surface area contributed by atoms with Crippen LogP contribution in [0.2, 0.25) is 0 Å². The minimum Gasteiger partial charge on any atom is -0.352 e. The van der Waals surface area contributed by atoms with Gasteiger partial charge in [-0.1, -0.05) is 18.7 Å². The van der Waals surface area contributed by atoms with Crippen molar-refractivity contribution < 1.29 is 18.0 Å². The molecule has 7 nitrogen and oxygen atoms in total. The number of benzene rings is 1. The average molecular weight is 365 g/mol. The van der Waals surface area contributed by atoms with Crippen LogP contribution in [0.4, 0.5) is 0 Å². The van der Waals surface area contributed by atoms with Gasteiger partial charge in [0.2, 0.25) is 21.8 Å². The molecule has 1 aromatic rings. The summed E-state index contributed by atoms with van der Waals surface area (Å²) in [6.45, 7) is 4.72. The summed E-state index contributed by atoms with van der Waals surface area (Å²) in [5.74, 6) is -0.562. The molecule has 0 aromatic heterocycles. The molecule has 2 rings (SSSR count). The minimum absolute atomic E-state index is 0.136. The summed E-state index contributed by atoms with van der Waals surface area (Å²) in [5.41, 5.74) is 0.694. The number of hydrogen-bond acceptors (Lipinski definition) is 4. The molecule has 2 N–H and O–H groups in total. The summed E-state index contributed by atoms with van der Waals surface area (Å²) < 4.78 is 25.9. The van der Waals surface area contributed by atoms with E-state index in [1.807, 2.05) is 0 Å². The van der Waals surface area contributed by atoms with Crippen LogP contribution in [-0.2, 0) is 26.2 Å². The molecule has 0 spiro atoms. The molecule has 25 heavy (non-hydrogen) atoms. The van der Waals surface area contributed by atoms with E-state index in [0.29, 0.717) is 18.7 Å². The quantitative estimate of drug-likeness (QED) is 0.723. The lowest BCUT2D eigenvalue weighted by Gasteiger charge is -2.31. The van der Waals surface area contributed by atoms with E-state index in [-0.39, 0.29) is 29.2 Å². The summed E-state index contributed by atoms with van der Waals surface area (Å²) in [6, 6.07) is 6.41. The van der Waals surface area contributed by atoms with Gasteiger partial charge in [-0.05, 0) is 43.7 Å². The van der Waals surface area contributed by atoms with Crippen LogP contribution in [0.5, 0.6) is 0 Å². The summed E-state index contributed by atoms with van der Waals surface area (Å²) in [5, 5.41) is 2.82. The first-order valence-electron chi connectivity index (χ1n) is 8.09. The highest BCUT2D eigenvalue weighted by molar-refractivity contribution is 7.89. The van der Waals surface area contributed by atoms with Crippen molar-refractivity contribution in [3.8, 4) is 0 Å². The second-order valence-electron chi connectivity index (χ2n) is 5.90. The van der Waals surface area contributed by atoms with Crippen molar-refractivity contribution in [1.29, 1.82) is 0 Å². The summed E-state index contributed by atoms with van der Waals surface area (Å²) in [6.07, 6.45) is 2.75. The maximum atomic E-state index is 12.4. The van der Waals surface area contributed by atoms with Gasteiger partial charge in [0.15, 0.2) is 0 Å². The van der Waals surface area contributed by atoms with E-state index < -0.39 is 10.0 Å². The number of likely N-dealkylation sites (tertiary alicyclic amines) is 1. The van der Waals surface area contributed by atoms with Gasteiger partial charge in [0.1, 0.15) is 0 Å². The first-order chi connectivity index (χ1) is 11.9. The van der Waals surface area contributed by atoms with E-state index in [9.17, 15) is 18.0 Å². The SMILES string of the molecule is C=CC(=O)N1CCCC(C(=O)NCc2cccc(S(=O)(=O)NC)c2)C1. The van der Waals surface area contributed by atoms with Crippen LogP contribution in [0.15, 0.2) is 41.8 Å². The molecule has 1 atom stereocenters. The van der Waals surface area contributed by atoms with Gasteiger partial charge in [0.25, 0.3) is 0 Å². The molecule has 1 unspecified atom stereocenters. The lowest BCUT2D eigenvalue weighted by molar-refractivity contribution is -0.132. The van der Waals surface area contributed by atoms with E-state index in [2.05, 4.69) is 16.6 Å². The van der Waals surface area contributed by atoms with Crippen molar-refractivity contribution >= 4 is 21.8 Å². The monoisotopic (exact) mass is 365 g/mol. The largest absolute Gasteiger partial charge is 0.352 e. The van der Waals surface area contributed by atoms with Crippen molar-refractivity contribution in [2.45, 2.75) is 24.3 Å². The second-order valence-corrected chi connectivity index (χ2v) is 7.79. The number of nitrogens with zero attached hydrogens (tertiary/aromatic N) is 1. The fourth-order valence-corrected chi connectivity index (χ4v) is 3.59. The smallest absolute Gasteiger partial charge is 0.245 e. The lowest BCUT2D eigenvalue weighted by Crippen LogP contribution is -2.44. The Balaban J connectivity index is 1.97.